The molecule has 0 bridgehead atoms. The lowest BCUT2D eigenvalue weighted by atomic mass is 10.1. The fourth-order valence-corrected chi connectivity index (χ4v) is 4.38. The Morgan fingerprint density at radius 2 is 1.97 bits per heavy atom. The van der Waals surface area contributed by atoms with Gasteiger partial charge in [0.1, 0.15) is 11.5 Å². The van der Waals surface area contributed by atoms with Crippen LogP contribution in [0.5, 0.6) is 11.5 Å². The summed E-state index contributed by atoms with van der Waals surface area (Å²) in [5, 5.41) is 7.04. The number of hydrogen-bond acceptors (Lipinski definition) is 4. The van der Waals surface area contributed by atoms with Gasteiger partial charge in [0.15, 0.2) is 5.96 Å². The van der Waals surface area contributed by atoms with Gasteiger partial charge in [0.2, 0.25) is 0 Å². The first kappa shape index (κ1) is 24.1. The molecular formula is C22H37IN4O2. The number of hydrogen-bond donors (Lipinski definition) is 2. The maximum Gasteiger partial charge on any atom is 0.191 e. The molecule has 2 fully saturated rings. The van der Waals surface area contributed by atoms with Gasteiger partial charge in [-0.15, -0.1) is 24.0 Å². The van der Waals surface area contributed by atoms with Gasteiger partial charge in [0.25, 0.3) is 0 Å². The van der Waals surface area contributed by atoms with Gasteiger partial charge >= 0.3 is 0 Å². The molecule has 0 radical (unpaired) electrons. The highest BCUT2D eigenvalue weighted by molar-refractivity contribution is 14.0. The van der Waals surface area contributed by atoms with Crippen LogP contribution in [0.4, 0.5) is 0 Å². The summed E-state index contributed by atoms with van der Waals surface area (Å²) in [5.74, 6) is 2.65. The van der Waals surface area contributed by atoms with Crippen molar-refractivity contribution in [3.63, 3.8) is 0 Å². The summed E-state index contributed by atoms with van der Waals surface area (Å²) in [6.45, 7) is 6.04. The monoisotopic (exact) mass is 516 g/mol. The molecule has 2 N–H and O–H groups in total. The van der Waals surface area contributed by atoms with Crippen molar-refractivity contribution in [1.82, 2.24) is 15.5 Å². The van der Waals surface area contributed by atoms with Crippen molar-refractivity contribution >= 4 is 29.9 Å². The fourth-order valence-electron chi connectivity index (χ4n) is 4.38. The lowest BCUT2D eigenvalue weighted by molar-refractivity contribution is 0.242. The Morgan fingerprint density at radius 3 is 2.66 bits per heavy atom. The Hall–Kier alpha value is -1.22. The molecular weight excluding hydrogens is 479 g/mol. The summed E-state index contributed by atoms with van der Waals surface area (Å²) in [6.07, 6.45) is 7.57. The van der Waals surface area contributed by atoms with Crippen LogP contribution in [0.3, 0.4) is 0 Å². The van der Waals surface area contributed by atoms with Crippen LogP contribution in [0.1, 0.15) is 44.6 Å². The van der Waals surface area contributed by atoms with Crippen molar-refractivity contribution in [2.75, 3.05) is 40.4 Å². The zero-order chi connectivity index (χ0) is 19.8. The summed E-state index contributed by atoms with van der Waals surface area (Å²) < 4.78 is 10.8. The Balaban J connectivity index is 0.00000300. The molecule has 0 aromatic heterocycles. The Kier molecular flexibility index (Phi) is 10.3. The number of guanidine groups is 1. The first-order chi connectivity index (χ1) is 13.7. The van der Waals surface area contributed by atoms with Gasteiger partial charge in [0, 0.05) is 38.3 Å². The average molecular weight is 516 g/mol. The number of nitrogens with zero attached hydrogens (tertiary/aromatic N) is 2. The van der Waals surface area contributed by atoms with Gasteiger partial charge in [-0.2, -0.15) is 0 Å². The molecule has 1 aliphatic heterocycles. The second kappa shape index (κ2) is 12.5. The van der Waals surface area contributed by atoms with Crippen LogP contribution in [0, 0.1) is 0 Å². The van der Waals surface area contributed by atoms with E-state index < -0.39 is 0 Å². The summed E-state index contributed by atoms with van der Waals surface area (Å²) in [7, 11) is 3.39. The highest BCUT2D eigenvalue weighted by Crippen LogP contribution is 2.26. The van der Waals surface area contributed by atoms with E-state index in [1.165, 1.54) is 38.6 Å². The van der Waals surface area contributed by atoms with Crippen LogP contribution >= 0.6 is 24.0 Å². The number of methoxy groups -OCH3 is 2. The summed E-state index contributed by atoms with van der Waals surface area (Å²) >= 11 is 0. The van der Waals surface area contributed by atoms with Crippen molar-refractivity contribution in [2.45, 2.75) is 57.5 Å². The van der Waals surface area contributed by atoms with E-state index in [4.69, 9.17) is 14.5 Å². The number of nitrogens with one attached hydrogen (secondary N) is 2. The van der Waals surface area contributed by atoms with Gasteiger partial charge in [-0.1, -0.05) is 12.8 Å². The van der Waals surface area contributed by atoms with Crippen molar-refractivity contribution in [3.05, 3.63) is 23.8 Å². The highest BCUT2D eigenvalue weighted by Gasteiger charge is 2.30. The van der Waals surface area contributed by atoms with E-state index in [2.05, 4.69) is 22.5 Å². The van der Waals surface area contributed by atoms with Crippen molar-refractivity contribution in [1.29, 1.82) is 0 Å². The Labute approximate surface area is 192 Å². The van der Waals surface area contributed by atoms with Gasteiger partial charge < -0.3 is 20.1 Å². The molecule has 1 saturated heterocycles. The molecule has 1 aromatic carbocycles. The molecule has 1 saturated carbocycles. The van der Waals surface area contributed by atoms with Gasteiger partial charge in [0.05, 0.1) is 14.2 Å². The number of aliphatic imine (C=N–C) groups is 1. The fraction of sp³-hybridized carbons (Fsp3) is 0.682. The van der Waals surface area contributed by atoms with Gasteiger partial charge in [-0.25, -0.2) is 0 Å². The van der Waals surface area contributed by atoms with Crippen LogP contribution in [0.25, 0.3) is 0 Å². The van der Waals surface area contributed by atoms with Gasteiger partial charge in [-0.3, -0.25) is 9.89 Å². The topological polar surface area (TPSA) is 58.1 Å². The highest BCUT2D eigenvalue weighted by atomic mass is 127. The lowest BCUT2D eigenvalue weighted by Crippen LogP contribution is -2.45. The molecule has 164 valence electrons. The number of ether oxygens (including phenoxy) is 2. The van der Waals surface area contributed by atoms with E-state index in [0.29, 0.717) is 12.6 Å². The molecule has 2 aliphatic rings. The minimum absolute atomic E-state index is 0. The van der Waals surface area contributed by atoms with Gasteiger partial charge in [-0.05, 0) is 56.4 Å². The molecule has 3 rings (SSSR count). The van der Waals surface area contributed by atoms with Crippen LogP contribution < -0.4 is 20.1 Å². The van der Waals surface area contributed by atoms with E-state index in [1.54, 1.807) is 14.2 Å². The molecule has 0 amide bonds. The van der Waals surface area contributed by atoms with Crippen molar-refractivity contribution < 1.29 is 9.47 Å². The number of benzene rings is 1. The molecule has 0 spiro atoms. The minimum Gasteiger partial charge on any atom is -0.497 e. The normalized spacial score (nSPS) is 20.4. The third-order valence-corrected chi connectivity index (χ3v) is 5.88. The molecule has 1 unspecified atom stereocenters. The molecule has 7 heteroatoms. The quantitative estimate of drug-likeness (QED) is 0.315. The third kappa shape index (κ3) is 6.91. The largest absolute Gasteiger partial charge is 0.497 e. The van der Waals surface area contributed by atoms with E-state index in [0.717, 1.165) is 48.6 Å². The predicted molar refractivity (Wildman–Crippen MR) is 130 cm³/mol. The van der Waals surface area contributed by atoms with E-state index in [1.807, 2.05) is 18.2 Å². The van der Waals surface area contributed by atoms with Crippen molar-refractivity contribution in [3.8, 4) is 11.5 Å². The first-order valence-electron chi connectivity index (χ1n) is 10.7. The Bertz CT molecular complexity index is 650. The maximum atomic E-state index is 5.48. The SMILES string of the molecule is CCNC(=NCCc1cc(OC)ccc1OC)NC1CCN(C2CCCC2)C1.I. The predicted octanol–water partition coefficient (Wildman–Crippen LogP) is 3.44. The maximum absolute atomic E-state index is 5.48. The number of halogens is 1. The molecule has 1 atom stereocenters. The summed E-state index contributed by atoms with van der Waals surface area (Å²) in [5.41, 5.74) is 1.12. The van der Waals surface area contributed by atoms with E-state index >= 15 is 0 Å². The zero-order valence-electron chi connectivity index (χ0n) is 18.1. The number of likely N-dealkylation sites (tertiary alicyclic amines) is 1. The second-order valence-corrected chi connectivity index (χ2v) is 7.75. The third-order valence-electron chi connectivity index (χ3n) is 5.88. The van der Waals surface area contributed by atoms with Crippen LogP contribution in [-0.2, 0) is 6.42 Å². The van der Waals surface area contributed by atoms with Crippen LogP contribution in [-0.4, -0.2) is 63.3 Å². The minimum atomic E-state index is 0. The molecule has 1 aliphatic carbocycles. The Morgan fingerprint density at radius 1 is 1.17 bits per heavy atom. The first-order valence-corrected chi connectivity index (χ1v) is 10.7. The van der Waals surface area contributed by atoms with Crippen LogP contribution in [0.15, 0.2) is 23.2 Å². The van der Waals surface area contributed by atoms with Crippen molar-refractivity contribution in [2.24, 2.45) is 4.99 Å². The molecule has 29 heavy (non-hydrogen) atoms. The molecule has 6 nitrogen and oxygen atoms in total. The smallest absolute Gasteiger partial charge is 0.191 e. The standard InChI is InChI=1S/C22H36N4O2.HI/c1-4-23-22(25-18-12-14-26(16-18)19-7-5-6-8-19)24-13-11-17-15-20(27-2)9-10-21(17)28-3;/h9-10,15,18-19H,4-8,11-14,16H2,1-3H3,(H2,23,24,25);1H. The van der Waals surface area contributed by atoms with E-state index in [-0.39, 0.29) is 24.0 Å². The molecule has 1 aromatic rings. The lowest BCUT2D eigenvalue weighted by Gasteiger charge is -2.24. The number of rotatable bonds is 8. The average Bonchev–Trinajstić information content (AvgIpc) is 3.39. The molecule has 1 heterocycles. The summed E-state index contributed by atoms with van der Waals surface area (Å²) in [6, 6.07) is 7.22. The summed E-state index contributed by atoms with van der Waals surface area (Å²) in [4.78, 5) is 7.48. The van der Waals surface area contributed by atoms with Crippen LogP contribution in [0.2, 0.25) is 0 Å². The second-order valence-electron chi connectivity index (χ2n) is 7.75. The zero-order valence-corrected chi connectivity index (χ0v) is 20.4. The van der Waals surface area contributed by atoms with E-state index in [9.17, 15) is 0 Å².